The zero-order valence-corrected chi connectivity index (χ0v) is 9.49. The van der Waals surface area contributed by atoms with E-state index in [1.807, 2.05) is 19.1 Å². The summed E-state index contributed by atoms with van der Waals surface area (Å²) in [6.07, 6.45) is 1.87. The van der Waals surface area contributed by atoms with Gasteiger partial charge in [0.1, 0.15) is 5.75 Å². The molecule has 1 aliphatic heterocycles. The highest BCUT2D eigenvalue weighted by atomic mass is 16.5. The first-order valence-electron chi connectivity index (χ1n) is 5.72. The van der Waals surface area contributed by atoms with Crippen LogP contribution in [0.15, 0.2) is 18.2 Å². The minimum Gasteiger partial charge on any atom is -0.493 e. The van der Waals surface area contributed by atoms with Crippen LogP contribution in [0.5, 0.6) is 5.75 Å². The molecule has 3 nitrogen and oxygen atoms in total. The molecule has 0 saturated carbocycles. The van der Waals surface area contributed by atoms with E-state index in [1.54, 1.807) is 0 Å². The van der Waals surface area contributed by atoms with E-state index in [-0.39, 0.29) is 5.92 Å². The lowest BCUT2D eigenvalue weighted by Crippen LogP contribution is -2.11. The maximum atomic E-state index is 8.85. The Bertz CT molecular complexity index is 409. The molecule has 1 N–H and O–H groups in total. The molecule has 0 amide bonds. The number of hydrogen-bond donors (Lipinski definition) is 1. The van der Waals surface area contributed by atoms with Gasteiger partial charge in [-0.15, -0.1) is 0 Å². The standard InChI is InChI=1S/C13H16N2O/c1-2-10(8-14)9-15-12-3-4-13-11(7-12)5-6-16-13/h3-4,7,10,15H,2,5-6,9H2,1H3. The number of anilines is 1. The smallest absolute Gasteiger partial charge is 0.122 e. The molecule has 1 heterocycles. The third kappa shape index (κ3) is 2.27. The lowest BCUT2D eigenvalue weighted by atomic mass is 10.1. The van der Waals surface area contributed by atoms with E-state index in [0.717, 1.165) is 30.9 Å². The van der Waals surface area contributed by atoms with Crippen LogP contribution in [0.3, 0.4) is 0 Å². The van der Waals surface area contributed by atoms with Crippen LogP contribution in [0.25, 0.3) is 0 Å². The number of nitrogens with one attached hydrogen (secondary N) is 1. The summed E-state index contributed by atoms with van der Waals surface area (Å²) in [6.45, 7) is 3.54. The molecule has 1 atom stereocenters. The van der Waals surface area contributed by atoms with Gasteiger partial charge in [0.05, 0.1) is 18.6 Å². The second-order valence-electron chi connectivity index (χ2n) is 4.04. The first kappa shape index (κ1) is 10.8. The summed E-state index contributed by atoms with van der Waals surface area (Å²) in [6, 6.07) is 8.41. The van der Waals surface area contributed by atoms with Gasteiger partial charge in [0.15, 0.2) is 0 Å². The summed E-state index contributed by atoms with van der Waals surface area (Å²) < 4.78 is 5.44. The molecule has 2 rings (SSSR count). The first-order valence-corrected chi connectivity index (χ1v) is 5.72. The predicted octanol–water partition coefficient (Wildman–Crippen LogP) is 2.58. The minimum absolute atomic E-state index is 0.0875. The van der Waals surface area contributed by atoms with Crippen LogP contribution in [0.4, 0.5) is 5.69 Å². The molecule has 0 spiro atoms. The average molecular weight is 216 g/mol. The van der Waals surface area contributed by atoms with E-state index in [1.165, 1.54) is 5.56 Å². The molecule has 0 radical (unpaired) electrons. The molecule has 1 aromatic carbocycles. The fourth-order valence-corrected chi connectivity index (χ4v) is 1.82. The van der Waals surface area contributed by atoms with Crippen LogP contribution in [-0.2, 0) is 6.42 Å². The highest BCUT2D eigenvalue weighted by molar-refractivity contribution is 5.52. The third-order valence-electron chi connectivity index (χ3n) is 2.92. The van der Waals surface area contributed by atoms with Crippen molar-refractivity contribution < 1.29 is 4.74 Å². The second kappa shape index (κ2) is 4.89. The third-order valence-corrected chi connectivity index (χ3v) is 2.92. The van der Waals surface area contributed by atoms with Gasteiger partial charge in [-0.1, -0.05) is 6.92 Å². The SMILES string of the molecule is CCC(C#N)CNc1ccc2c(c1)CCO2. The molecule has 84 valence electrons. The molecule has 0 saturated heterocycles. The molecule has 0 aliphatic carbocycles. The zero-order valence-electron chi connectivity index (χ0n) is 9.49. The zero-order chi connectivity index (χ0) is 11.4. The normalized spacial score (nSPS) is 14.8. The van der Waals surface area contributed by atoms with E-state index in [9.17, 15) is 0 Å². The van der Waals surface area contributed by atoms with E-state index in [2.05, 4.69) is 17.5 Å². The molecular formula is C13H16N2O. The summed E-state index contributed by atoms with van der Waals surface area (Å²) in [5, 5.41) is 12.1. The number of ether oxygens (including phenoxy) is 1. The molecule has 1 unspecified atom stereocenters. The van der Waals surface area contributed by atoms with Gasteiger partial charge in [-0.2, -0.15) is 5.26 Å². The Kier molecular flexibility index (Phi) is 3.31. The van der Waals surface area contributed by atoms with Crippen LogP contribution >= 0.6 is 0 Å². The molecule has 1 aromatic rings. The van der Waals surface area contributed by atoms with Gasteiger partial charge in [-0.05, 0) is 30.2 Å². The molecule has 0 aromatic heterocycles. The second-order valence-corrected chi connectivity index (χ2v) is 4.04. The van der Waals surface area contributed by atoms with Crippen molar-refractivity contribution >= 4 is 5.69 Å². The van der Waals surface area contributed by atoms with Gasteiger partial charge in [0.25, 0.3) is 0 Å². The summed E-state index contributed by atoms with van der Waals surface area (Å²) in [4.78, 5) is 0. The Morgan fingerprint density at radius 1 is 1.56 bits per heavy atom. The van der Waals surface area contributed by atoms with Crippen molar-refractivity contribution in [3.8, 4) is 11.8 Å². The highest BCUT2D eigenvalue weighted by Gasteiger charge is 2.12. The largest absolute Gasteiger partial charge is 0.493 e. The predicted molar refractivity (Wildman–Crippen MR) is 63.5 cm³/mol. The average Bonchev–Trinajstić information content (AvgIpc) is 2.77. The van der Waals surface area contributed by atoms with E-state index in [0.29, 0.717) is 6.54 Å². The van der Waals surface area contributed by atoms with Crippen LogP contribution in [0.1, 0.15) is 18.9 Å². The van der Waals surface area contributed by atoms with Gasteiger partial charge in [0.2, 0.25) is 0 Å². The van der Waals surface area contributed by atoms with Crippen LogP contribution in [-0.4, -0.2) is 13.2 Å². The number of rotatable bonds is 4. The number of nitriles is 1. The maximum absolute atomic E-state index is 8.85. The van der Waals surface area contributed by atoms with E-state index >= 15 is 0 Å². The molecule has 1 aliphatic rings. The fourth-order valence-electron chi connectivity index (χ4n) is 1.82. The Hall–Kier alpha value is -1.69. The number of nitrogens with zero attached hydrogens (tertiary/aromatic N) is 1. The van der Waals surface area contributed by atoms with Crippen molar-refractivity contribution in [1.29, 1.82) is 5.26 Å². The number of fused-ring (bicyclic) bond motifs is 1. The summed E-state index contributed by atoms with van der Waals surface area (Å²) in [5.74, 6) is 1.09. The van der Waals surface area contributed by atoms with Gasteiger partial charge in [-0.25, -0.2) is 0 Å². The van der Waals surface area contributed by atoms with Crippen molar-refractivity contribution in [2.24, 2.45) is 5.92 Å². The summed E-state index contributed by atoms with van der Waals surface area (Å²) in [5.41, 5.74) is 2.34. The topological polar surface area (TPSA) is 45.0 Å². The van der Waals surface area contributed by atoms with Crippen LogP contribution < -0.4 is 10.1 Å². The van der Waals surface area contributed by atoms with Gasteiger partial charge in [-0.3, -0.25) is 0 Å². The Labute approximate surface area is 96.0 Å². The Balaban J connectivity index is 1.98. The summed E-state index contributed by atoms with van der Waals surface area (Å²) in [7, 11) is 0. The first-order chi connectivity index (χ1) is 7.83. The maximum Gasteiger partial charge on any atom is 0.122 e. The van der Waals surface area contributed by atoms with Crippen LogP contribution in [0.2, 0.25) is 0 Å². The molecule has 16 heavy (non-hydrogen) atoms. The monoisotopic (exact) mass is 216 g/mol. The van der Waals surface area contributed by atoms with Crippen molar-refractivity contribution in [2.45, 2.75) is 19.8 Å². The fraction of sp³-hybridized carbons (Fsp3) is 0.462. The van der Waals surface area contributed by atoms with Gasteiger partial charge >= 0.3 is 0 Å². The van der Waals surface area contributed by atoms with Gasteiger partial charge < -0.3 is 10.1 Å². The highest BCUT2D eigenvalue weighted by Crippen LogP contribution is 2.27. The van der Waals surface area contributed by atoms with Crippen molar-refractivity contribution in [1.82, 2.24) is 0 Å². The van der Waals surface area contributed by atoms with E-state index in [4.69, 9.17) is 10.00 Å². The summed E-state index contributed by atoms with van der Waals surface area (Å²) >= 11 is 0. The van der Waals surface area contributed by atoms with Crippen molar-refractivity contribution in [2.75, 3.05) is 18.5 Å². The number of hydrogen-bond acceptors (Lipinski definition) is 3. The molecule has 0 fully saturated rings. The van der Waals surface area contributed by atoms with Crippen LogP contribution in [0, 0.1) is 17.2 Å². The van der Waals surface area contributed by atoms with Crippen molar-refractivity contribution in [3.63, 3.8) is 0 Å². The Morgan fingerprint density at radius 3 is 3.19 bits per heavy atom. The van der Waals surface area contributed by atoms with Crippen molar-refractivity contribution in [3.05, 3.63) is 23.8 Å². The molecular weight excluding hydrogens is 200 g/mol. The minimum atomic E-state index is 0.0875. The lowest BCUT2D eigenvalue weighted by Gasteiger charge is -2.10. The Morgan fingerprint density at radius 2 is 2.44 bits per heavy atom. The molecule has 0 bridgehead atoms. The number of benzene rings is 1. The van der Waals surface area contributed by atoms with E-state index < -0.39 is 0 Å². The lowest BCUT2D eigenvalue weighted by molar-refractivity contribution is 0.357. The van der Waals surface area contributed by atoms with Gasteiger partial charge in [0, 0.05) is 18.7 Å². The quantitative estimate of drug-likeness (QED) is 0.841. The molecule has 3 heteroatoms.